The highest BCUT2D eigenvalue weighted by atomic mass is 35.5. The van der Waals surface area contributed by atoms with Crippen LogP contribution in [0, 0.1) is 13.8 Å². The molecule has 0 bridgehead atoms. The molecule has 166 valence electrons. The summed E-state index contributed by atoms with van der Waals surface area (Å²) in [5.74, 6) is 0. The maximum absolute atomic E-state index is 13.1. The summed E-state index contributed by atoms with van der Waals surface area (Å²) < 4.78 is 31.1. The average molecular weight is 487 g/mol. The Kier molecular flexibility index (Phi) is 6.27. The van der Waals surface area contributed by atoms with Crippen LogP contribution in [0.3, 0.4) is 0 Å². The van der Waals surface area contributed by atoms with Crippen molar-refractivity contribution in [2.75, 3.05) is 0 Å². The number of benzene rings is 3. The summed E-state index contributed by atoms with van der Waals surface area (Å²) in [7, 11) is -3.77. The Hall–Kier alpha value is -2.45. The van der Waals surface area contributed by atoms with Crippen LogP contribution in [0.4, 0.5) is 0 Å². The predicted molar refractivity (Wildman–Crippen MR) is 131 cm³/mol. The normalized spacial score (nSPS) is 12.9. The van der Waals surface area contributed by atoms with E-state index in [2.05, 4.69) is 4.72 Å². The number of nitrogens with zero attached hydrogens (tertiary/aromatic N) is 1. The molecule has 3 aromatic carbocycles. The van der Waals surface area contributed by atoms with Gasteiger partial charge in [-0.1, -0.05) is 64.9 Å². The molecular weight excluding hydrogens is 464 g/mol. The maximum Gasteiger partial charge on any atom is 0.308 e. The first kappa shape index (κ1) is 22.7. The molecule has 8 heteroatoms. The minimum absolute atomic E-state index is 0.132. The first-order valence-electron chi connectivity index (χ1n) is 10.1. The summed E-state index contributed by atoms with van der Waals surface area (Å²) in [5.41, 5.74) is 4.60. The zero-order valence-electron chi connectivity index (χ0n) is 17.9. The van der Waals surface area contributed by atoms with Gasteiger partial charge in [0.15, 0.2) is 0 Å². The quantitative estimate of drug-likeness (QED) is 0.395. The van der Waals surface area contributed by atoms with Crippen molar-refractivity contribution in [3.8, 4) is 0 Å². The first-order valence-corrected chi connectivity index (χ1v) is 12.8. The molecule has 0 amide bonds. The van der Waals surface area contributed by atoms with E-state index in [9.17, 15) is 13.2 Å². The molecule has 0 aliphatic rings. The number of aryl methyl sites for hydroxylation is 2. The monoisotopic (exact) mass is 486 g/mol. The van der Waals surface area contributed by atoms with Crippen LogP contribution in [0.25, 0.3) is 10.2 Å². The van der Waals surface area contributed by atoms with Crippen LogP contribution >= 0.6 is 22.9 Å². The minimum Gasteiger partial charge on any atom is -0.294 e. The van der Waals surface area contributed by atoms with Crippen LogP contribution in [0.15, 0.2) is 70.4 Å². The van der Waals surface area contributed by atoms with Gasteiger partial charge in [0.1, 0.15) is 0 Å². The van der Waals surface area contributed by atoms with Crippen molar-refractivity contribution in [2.45, 2.75) is 38.3 Å². The van der Waals surface area contributed by atoms with Gasteiger partial charge < -0.3 is 0 Å². The van der Waals surface area contributed by atoms with Crippen molar-refractivity contribution in [3.63, 3.8) is 0 Å². The number of sulfonamides is 1. The molecule has 32 heavy (non-hydrogen) atoms. The van der Waals surface area contributed by atoms with Crippen molar-refractivity contribution in [1.82, 2.24) is 9.29 Å². The smallest absolute Gasteiger partial charge is 0.294 e. The molecule has 0 aliphatic heterocycles. The van der Waals surface area contributed by atoms with Gasteiger partial charge in [-0.05, 0) is 61.7 Å². The molecule has 4 aromatic rings. The largest absolute Gasteiger partial charge is 0.308 e. The van der Waals surface area contributed by atoms with Crippen LogP contribution in [0.5, 0.6) is 0 Å². The Morgan fingerprint density at radius 1 is 1.06 bits per heavy atom. The summed E-state index contributed by atoms with van der Waals surface area (Å²) in [6.07, 6.45) is 0. The Bertz CT molecular complexity index is 1470. The van der Waals surface area contributed by atoms with Crippen molar-refractivity contribution in [3.05, 3.63) is 97.6 Å². The maximum atomic E-state index is 13.1. The fourth-order valence-corrected chi connectivity index (χ4v) is 6.28. The zero-order valence-corrected chi connectivity index (χ0v) is 20.3. The third-order valence-corrected chi connectivity index (χ3v) is 8.31. The molecule has 1 N–H and O–H groups in total. The number of aromatic nitrogens is 1. The average Bonchev–Trinajstić information content (AvgIpc) is 3.03. The number of nitrogens with one attached hydrogen (secondary N) is 1. The number of thiazole rings is 1. The van der Waals surface area contributed by atoms with E-state index in [0.29, 0.717) is 21.8 Å². The molecule has 0 spiro atoms. The molecule has 1 aromatic heterocycles. The van der Waals surface area contributed by atoms with E-state index in [1.54, 1.807) is 22.8 Å². The van der Waals surface area contributed by atoms with Gasteiger partial charge in [-0.3, -0.25) is 9.36 Å². The van der Waals surface area contributed by atoms with E-state index >= 15 is 0 Å². The van der Waals surface area contributed by atoms with E-state index in [1.165, 1.54) is 6.07 Å². The molecule has 0 saturated heterocycles. The summed E-state index contributed by atoms with van der Waals surface area (Å²) in [5, 5.41) is 0.586. The highest BCUT2D eigenvalue weighted by molar-refractivity contribution is 7.89. The first-order chi connectivity index (χ1) is 15.2. The van der Waals surface area contributed by atoms with Gasteiger partial charge in [0.2, 0.25) is 10.0 Å². The van der Waals surface area contributed by atoms with E-state index in [1.807, 2.05) is 57.2 Å². The van der Waals surface area contributed by atoms with E-state index < -0.39 is 10.0 Å². The van der Waals surface area contributed by atoms with Crippen LogP contribution in [0.2, 0.25) is 5.02 Å². The van der Waals surface area contributed by atoms with Crippen LogP contribution < -0.4 is 9.60 Å². The molecule has 0 radical (unpaired) electrons. The van der Waals surface area contributed by atoms with Crippen LogP contribution in [-0.2, 0) is 16.6 Å². The molecule has 0 fully saturated rings. The van der Waals surface area contributed by atoms with Gasteiger partial charge in [0.25, 0.3) is 0 Å². The second kappa shape index (κ2) is 8.83. The fourth-order valence-electron chi connectivity index (χ4n) is 3.84. The van der Waals surface area contributed by atoms with Crippen LogP contribution in [0.1, 0.15) is 35.2 Å². The molecular formula is C24H23ClN2O3S2. The highest BCUT2D eigenvalue weighted by Gasteiger charge is 2.21. The Morgan fingerprint density at radius 3 is 2.53 bits per heavy atom. The van der Waals surface area contributed by atoms with Gasteiger partial charge in [0.05, 0.1) is 21.7 Å². The molecule has 4 rings (SSSR count). The summed E-state index contributed by atoms with van der Waals surface area (Å²) >= 11 is 7.27. The van der Waals surface area contributed by atoms with Gasteiger partial charge >= 0.3 is 4.87 Å². The topological polar surface area (TPSA) is 68.2 Å². The summed E-state index contributed by atoms with van der Waals surface area (Å²) in [4.78, 5) is 12.6. The van der Waals surface area contributed by atoms with Gasteiger partial charge in [0, 0.05) is 11.1 Å². The molecule has 0 aliphatic carbocycles. The van der Waals surface area contributed by atoms with Crippen molar-refractivity contribution in [1.29, 1.82) is 0 Å². The number of fused-ring (bicyclic) bond motifs is 1. The Morgan fingerprint density at radius 2 is 1.81 bits per heavy atom. The van der Waals surface area contributed by atoms with E-state index in [4.69, 9.17) is 11.6 Å². The van der Waals surface area contributed by atoms with Gasteiger partial charge in [-0.2, -0.15) is 0 Å². The lowest BCUT2D eigenvalue weighted by Crippen LogP contribution is -2.27. The second-order valence-electron chi connectivity index (χ2n) is 7.88. The molecule has 1 heterocycles. The van der Waals surface area contributed by atoms with Gasteiger partial charge in [-0.25, -0.2) is 13.1 Å². The van der Waals surface area contributed by atoms with Crippen molar-refractivity contribution >= 4 is 43.2 Å². The molecule has 5 nitrogen and oxygen atoms in total. The number of hydrogen-bond acceptors (Lipinski definition) is 4. The van der Waals surface area contributed by atoms with E-state index in [0.717, 1.165) is 33.6 Å². The van der Waals surface area contributed by atoms with E-state index in [-0.39, 0.29) is 15.8 Å². The zero-order chi connectivity index (χ0) is 23.0. The van der Waals surface area contributed by atoms with Crippen molar-refractivity contribution < 1.29 is 8.42 Å². The SMILES string of the molecule is Cc1ccc([C@H](C)NS(=O)(=O)c2ccc3c(c2)sc(=O)n3Cc2ccccc2Cl)c(C)c1. The fraction of sp³-hybridized carbons (Fsp3) is 0.208. The van der Waals surface area contributed by atoms with Crippen molar-refractivity contribution in [2.24, 2.45) is 0 Å². The molecule has 1 atom stereocenters. The number of rotatable bonds is 6. The number of hydrogen-bond donors (Lipinski definition) is 1. The standard InChI is InChI=1S/C24H23ClN2O3S2/c1-15-8-10-20(16(2)12-15)17(3)26-32(29,30)19-9-11-22-23(13-19)31-24(28)27(22)14-18-6-4-5-7-21(18)25/h4-13,17,26H,14H2,1-3H3/t17-/m0/s1. The lowest BCUT2D eigenvalue weighted by molar-refractivity contribution is 0.566. The highest BCUT2D eigenvalue weighted by Crippen LogP contribution is 2.26. The molecule has 0 unspecified atom stereocenters. The summed E-state index contributed by atoms with van der Waals surface area (Å²) in [6.45, 7) is 6.13. The minimum atomic E-state index is -3.77. The lowest BCUT2D eigenvalue weighted by Gasteiger charge is -2.17. The third kappa shape index (κ3) is 4.52. The molecule has 0 saturated carbocycles. The second-order valence-corrected chi connectivity index (χ2v) is 11.0. The van der Waals surface area contributed by atoms with Gasteiger partial charge in [-0.15, -0.1) is 0 Å². The summed E-state index contributed by atoms with van der Waals surface area (Å²) in [6, 6.07) is 17.7. The predicted octanol–water partition coefficient (Wildman–Crippen LogP) is 5.42. The Labute approximate surface area is 196 Å². The lowest BCUT2D eigenvalue weighted by atomic mass is 10.0. The van der Waals surface area contributed by atoms with Crippen LogP contribution in [-0.4, -0.2) is 13.0 Å². The third-order valence-electron chi connectivity index (χ3n) is 5.46. The number of halogens is 1. The Balaban J connectivity index is 1.65.